The molecule has 1 aliphatic heterocycles. The standard InChI is InChI=1S/C16H22O4/c1-11(2)8-18-15-7-12(3)5-6-14(15)16(10-20-16)9-19-13(4)17/h5-7,11H,8-10H2,1-4H3. The van der Waals surface area contributed by atoms with Gasteiger partial charge in [0.05, 0.1) is 13.2 Å². The van der Waals surface area contributed by atoms with Gasteiger partial charge in [-0.2, -0.15) is 0 Å². The van der Waals surface area contributed by atoms with E-state index in [0.29, 0.717) is 19.1 Å². The van der Waals surface area contributed by atoms with Gasteiger partial charge in [-0.3, -0.25) is 4.79 Å². The number of carbonyl (C=O) groups is 1. The number of rotatable bonds is 6. The minimum atomic E-state index is -0.522. The molecule has 0 aromatic heterocycles. The fourth-order valence-electron chi connectivity index (χ4n) is 2.00. The smallest absolute Gasteiger partial charge is 0.302 e. The van der Waals surface area contributed by atoms with Gasteiger partial charge in [0.2, 0.25) is 0 Å². The van der Waals surface area contributed by atoms with Crippen molar-refractivity contribution in [1.82, 2.24) is 0 Å². The zero-order valence-electron chi connectivity index (χ0n) is 12.6. The summed E-state index contributed by atoms with van der Waals surface area (Å²) in [5.74, 6) is 0.980. The van der Waals surface area contributed by atoms with Crippen LogP contribution in [-0.4, -0.2) is 25.8 Å². The molecule has 1 unspecified atom stereocenters. The average Bonchev–Trinajstić information content (AvgIpc) is 3.15. The molecule has 0 radical (unpaired) electrons. The summed E-state index contributed by atoms with van der Waals surface area (Å²) in [4.78, 5) is 11.0. The maximum atomic E-state index is 11.0. The SMILES string of the molecule is CC(=O)OCC1(c2ccc(C)cc2OCC(C)C)CO1. The normalized spacial score (nSPS) is 20.9. The molecule has 1 aromatic carbocycles. The number of esters is 1. The number of epoxide rings is 1. The average molecular weight is 278 g/mol. The number of hydrogen-bond acceptors (Lipinski definition) is 4. The lowest BCUT2D eigenvalue weighted by atomic mass is 9.98. The summed E-state index contributed by atoms with van der Waals surface area (Å²) in [7, 11) is 0. The summed E-state index contributed by atoms with van der Waals surface area (Å²) in [6, 6.07) is 6.03. The minimum absolute atomic E-state index is 0.240. The number of hydrogen-bond donors (Lipinski definition) is 0. The van der Waals surface area contributed by atoms with Crippen LogP contribution in [0.3, 0.4) is 0 Å². The van der Waals surface area contributed by atoms with Crippen molar-refractivity contribution in [3.8, 4) is 5.75 Å². The predicted molar refractivity (Wildman–Crippen MR) is 75.8 cm³/mol. The van der Waals surface area contributed by atoms with Crippen molar-refractivity contribution in [2.24, 2.45) is 5.92 Å². The fraction of sp³-hybridized carbons (Fsp3) is 0.562. The topological polar surface area (TPSA) is 48.1 Å². The monoisotopic (exact) mass is 278 g/mol. The summed E-state index contributed by atoms with van der Waals surface area (Å²) in [6.07, 6.45) is 0. The fourth-order valence-corrected chi connectivity index (χ4v) is 2.00. The van der Waals surface area contributed by atoms with Gasteiger partial charge in [0.25, 0.3) is 0 Å². The van der Waals surface area contributed by atoms with Crippen LogP contribution in [0.2, 0.25) is 0 Å². The molecule has 0 N–H and O–H groups in total. The van der Waals surface area contributed by atoms with E-state index in [9.17, 15) is 4.79 Å². The van der Waals surface area contributed by atoms with Crippen molar-refractivity contribution in [3.05, 3.63) is 29.3 Å². The molecule has 4 heteroatoms. The van der Waals surface area contributed by atoms with Crippen LogP contribution in [0, 0.1) is 12.8 Å². The molecule has 1 aromatic rings. The summed E-state index contributed by atoms with van der Waals surface area (Å²) in [5.41, 5.74) is 1.58. The van der Waals surface area contributed by atoms with Crippen LogP contribution in [-0.2, 0) is 19.9 Å². The Hall–Kier alpha value is -1.55. The molecule has 0 spiro atoms. The number of ether oxygens (including phenoxy) is 3. The Morgan fingerprint density at radius 3 is 2.70 bits per heavy atom. The summed E-state index contributed by atoms with van der Waals surface area (Å²) < 4.78 is 16.6. The zero-order chi connectivity index (χ0) is 14.8. The molecule has 0 saturated carbocycles. The molecule has 1 heterocycles. The van der Waals surface area contributed by atoms with Crippen LogP contribution < -0.4 is 4.74 Å². The molecule has 0 bridgehead atoms. The molecule has 110 valence electrons. The van der Waals surface area contributed by atoms with Gasteiger partial charge in [-0.05, 0) is 24.5 Å². The van der Waals surface area contributed by atoms with E-state index < -0.39 is 5.60 Å². The van der Waals surface area contributed by atoms with Gasteiger partial charge in [-0.1, -0.05) is 26.0 Å². The van der Waals surface area contributed by atoms with Crippen molar-refractivity contribution in [2.75, 3.05) is 19.8 Å². The molecule has 1 fully saturated rings. The predicted octanol–water partition coefficient (Wildman–Crippen LogP) is 2.82. The number of aryl methyl sites for hydroxylation is 1. The van der Waals surface area contributed by atoms with Crippen molar-refractivity contribution in [1.29, 1.82) is 0 Å². The molecular weight excluding hydrogens is 256 g/mol. The first-order valence-corrected chi connectivity index (χ1v) is 6.94. The zero-order valence-corrected chi connectivity index (χ0v) is 12.6. The Morgan fingerprint density at radius 1 is 1.45 bits per heavy atom. The van der Waals surface area contributed by atoms with Gasteiger partial charge >= 0.3 is 5.97 Å². The van der Waals surface area contributed by atoms with E-state index in [-0.39, 0.29) is 12.6 Å². The van der Waals surface area contributed by atoms with Crippen molar-refractivity contribution in [3.63, 3.8) is 0 Å². The van der Waals surface area contributed by atoms with Gasteiger partial charge in [-0.15, -0.1) is 0 Å². The molecule has 0 aliphatic carbocycles. The highest BCUT2D eigenvalue weighted by Crippen LogP contribution is 2.44. The van der Waals surface area contributed by atoms with E-state index in [4.69, 9.17) is 14.2 Å². The molecular formula is C16H22O4. The second kappa shape index (κ2) is 5.83. The Balaban J connectivity index is 2.19. The Kier molecular flexibility index (Phi) is 4.33. The minimum Gasteiger partial charge on any atom is -0.493 e. The maximum Gasteiger partial charge on any atom is 0.302 e. The van der Waals surface area contributed by atoms with Crippen molar-refractivity contribution >= 4 is 5.97 Å². The third kappa shape index (κ3) is 3.51. The van der Waals surface area contributed by atoms with E-state index in [1.165, 1.54) is 6.92 Å². The van der Waals surface area contributed by atoms with Crippen molar-refractivity contribution < 1.29 is 19.0 Å². The van der Waals surface area contributed by atoms with Gasteiger partial charge in [0.15, 0.2) is 5.60 Å². The molecule has 0 amide bonds. The second-order valence-electron chi connectivity index (χ2n) is 5.77. The van der Waals surface area contributed by atoms with Gasteiger partial charge < -0.3 is 14.2 Å². The molecule has 20 heavy (non-hydrogen) atoms. The Labute approximate surface area is 120 Å². The first-order valence-electron chi connectivity index (χ1n) is 6.94. The van der Waals surface area contributed by atoms with Crippen LogP contribution in [0.4, 0.5) is 0 Å². The lowest BCUT2D eigenvalue weighted by molar-refractivity contribution is -0.142. The van der Waals surface area contributed by atoms with Crippen LogP contribution >= 0.6 is 0 Å². The van der Waals surface area contributed by atoms with Gasteiger partial charge in [0.1, 0.15) is 12.4 Å². The van der Waals surface area contributed by atoms with Crippen LogP contribution in [0.25, 0.3) is 0 Å². The first kappa shape index (κ1) is 14.9. The Bertz CT molecular complexity index is 489. The highest BCUT2D eigenvalue weighted by Gasteiger charge is 2.49. The van der Waals surface area contributed by atoms with E-state index >= 15 is 0 Å². The second-order valence-corrected chi connectivity index (χ2v) is 5.77. The highest BCUT2D eigenvalue weighted by atomic mass is 16.6. The van der Waals surface area contributed by atoms with Gasteiger partial charge in [0, 0.05) is 12.5 Å². The molecule has 1 aliphatic rings. The third-order valence-electron chi connectivity index (χ3n) is 3.20. The van der Waals surface area contributed by atoms with Crippen LogP contribution in [0.1, 0.15) is 31.9 Å². The molecule has 2 rings (SSSR count). The van der Waals surface area contributed by atoms with Crippen LogP contribution in [0.5, 0.6) is 5.75 Å². The Morgan fingerprint density at radius 2 is 2.15 bits per heavy atom. The van der Waals surface area contributed by atoms with Crippen molar-refractivity contribution in [2.45, 2.75) is 33.3 Å². The first-order chi connectivity index (χ1) is 9.43. The summed E-state index contributed by atoms with van der Waals surface area (Å²) >= 11 is 0. The number of benzene rings is 1. The van der Waals surface area contributed by atoms with E-state index in [1.807, 2.05) is 25.1 Å². The number of carbonyl (C=O) groups excluding carboxylic acids is 1. The quantitative estimate of drug-likeness (QED) is 0.593. The molecule has 1 atom stereocenters. The summed E-state index contributed by atoms with van der Waals surface area (Å²) in [5, 5.41) is 0. The summed E-state index contributed by atoms with van der Waals surface area (Å²) in [6.45, 7) is 9.10. The van der Waals surface area contributed by atoms with E-state index in [0.717, 1.165) is 16.9 Å². The largest absolute Gasteiger partial charge is 0.493 e. The van der Waals surface area contributed by atoms with E-state index in [1.54, 1.807) is 0 Å². The van der Waals surface area contributed by atoms with Gasteiger partial charge in [-0.25, -0.2) is 0 Å². The van der Waals surface area contributed by atoms with E-state index in [2.05, 4.69) is 13.8 Å². The maximum absolute atomic E-state index is 11.0. The third-order valence-corrected chi connectivity index (χ3v) is 3.20. The lowest BCUT2D eigenvalue weighted by Gasteiger charge is -2.18. The molecule has 1 saturated heterocycles. The highest BCUT2D eigenvalue weighted by molar-refractivity contribution is 5.66. The molecule has 4 nitrogen and oxygen atoms in total. The lowest BCUT2D eigenvalue weighted by Crippen LogP contribution is -2.20. The van der Waals surface area contributed by atoms with Crippen LogP contribution in [0.15, 0.2) is 18.2 Å².